The number of thioether (sulfide) groups is 1. The van der Waals surface area contributed by atoms with Gasteiger partial charge in [0.15, 0.2) is 5.13 Å². The normalized spacial score (nSPS) is 12.4. The van der Waals surface area contributed by atoms with Crippen LogP contribution >= 0.6 is 23.1 Å². The highest BCUT2D eigenvalue weighted by Crippen LogP contribution is 2.20. The maximum Gasteiger partial charge on any atom is 0.225 e. The Kier molecular flexibility index (Phi) is 7.41. The van der Waals surface area contributed by atoms with Gasteiger partial charge in [0.2, 0.25) is 5.91 Å². The molecule has 19 heavy (non-hydrogen) atoms. The zero-order valence-electron chi connectivity index (χ0n) is 12.1. The number of nitrogens with zero attached hydrogens (tertiary/aromatic N) is 2. The highest BCUT2D eigenvalue weighted by atomic mass is 32.2. The lowest BCUT2D eigenvalue weighted by Gasteiger charge is -2.14. The molecule has 0 aromatic carbocycles. The van der Waals surface area contributed by atoms with Crippen LogP contribution in [0.25, 0.3) is 0 Å². The number of carbonyl (C=O) groups excluding carboxylic acids is 1. The molecule has 4 nitrogen and oxygen atoms in total. The first-order valence-electron chi connectivity index (χ1n) is 6.62. The number of amides is 1. The van der Waals surface area contributed by atoms with E-state index < -0.39 is 0 Å². The summed E-state index contributed by atoms with van der Waals surface area (Å²) in [5.41, 5.74) is 1.01. The molecule has 0 saturated carbocycles. The largest absolute Gasteiger partial charge is 0.308 e. The van der Waals surface area contributed by atoms with Gasteiger partial charge in [-0.2, -0.15) is 11.8 Å². The first-order chi connectivity index (χ1) is 9.08. The van der Waals surface area contributed by atoms with Crippen molar-refractivity contribution in [1.82, 2.24) is 10.3 Å². The van der Waals surface area contributed by atoms with Crippen LogP contribution in [0.3, 0.4) is 0 Å². The Morgan fingerprint density at radius 3 is 2.89 bits per heavy atom. The van der Waals surface area contributed by atoms with Gasteiger partial charge < -0.3 is 5.32 Å². The van der Waals surface area contributed by atoms with Gasteiger partial charge in [0, 0.05) is 37.2 Å². The summed E-state index contributed by atoms with van der Waals surface area (Å²) in [6.07, 6.45) is 0. The zero-order chi connectivity index (χ0) is 14.3. The molecule has 0 bridgehead atoms. The Morgan fingerprint density at radius 2 is 2.32 bits per heavy atom. The highest BCUT2D eigenvalue weighted by molar-refractivity contribution is 7.99. The fourth-order valence-corrected chi connectivity index (χ4v) is 3.27. The predicted octanol–water partition coefficient (Wildman–Crippen LogP) is 2.75. The molecule has 1 N–H and O–H groups in total. The zero-order valence-corrected chi connectivity index (χ0v) is 13.7. The topological polar surface area (TPSA) is 45.2 Å². The van der Waals surface area contributed by atoms with Gasteiger partial charge in [0.05, 0.1) is 5.69 Å². The van der Waals surface area contributed by atoms with Crippen molar-refractivity contribution in [3.63, 3.8) is 0 Å². The molecule has 1 aromatic rings. The molecule has 0 fully saturated rings. The molecule has 1 unspecified atom stereocenters. The minimum absolute atomic E-state index is 0.0454. The van der Waals surface area contributed by atoms with Gasteiger partial charge in [-0.05, 0) is 19.6 Å². The van der Waals surface area contributed by atoms with Crippen LogP contribution in [0.5, 0.6) is 0 Å². The number of hydrogen-bond donors (Lipinski definition) is 1. The third-order valence-corrected chi connectivity index (χ3v) is 4.73. The molecular weight excluding hydrogens is 278 g/mol. The van der Waals surface area contributed by atoms with Crippen LogP contribution in [-0.4, -0.2) is 35.0 Å². The first-order valence-corrected chi connectivity index (χ1v) is 8.65. The standard InChI is InChI=1S/C13H23N3OS2/c1-5-16(11(4)17)13-15-12(9-19-13)7-14-10(3)8-18-6-2/h9-10,14H,5-8H2,1-4H3. The van der Waals surface area contributed by atoms with E-state index in [1.165, 1.54) is 11.3 Å². The van der Waals surface area contributed by atoms with Crippen molar-refractivity contribution in [2.24, 2.45) is 0 Å². The molecule has 0 aliphatic heterocycles. The second-order valence-corrected chi connectivity index (χ2v) is 6.48. The molecule has 1 atom stereocenters. The average molecular weight is 301 g/mol. The molecule has 0 radical (unpaired) electrons. The molecule has 0 saturated heterocycles. The van der Waals surface area contributed by atoms with Crippen LogP contribution < -0.4 is 10.2 Å². The van der Waals surface area contributed by atoms with Gasteiger partial charge in [0.25, 0.3) is 0 Å². The summed E-state index contributed by atoms with van der Waals surface area (Å²) in [5, 5.41) is 6.27. The number of carbonyl (C=O) groups is 1. The van der Waals surface area contributed by atoms with E-state index in [2.05, 4.69) is 24.1 Å². The first kappa shape index (κ1) is 16.5. The number of rotatable bonds is 8. The van der Waals surface area contributed by atoms with Crippen LogP contribution in [0.2, 0.25) is 0 Å². The molecular formula is C13H23N3OS2. The average Bonchev–Trinajstić information content (AvgIpc) is 2.83. The minimum atomic E-state index is 0.0454. The van der Waals surface area contributed by atoms with Crippen molar-refractivity contribution in [1.29, 1.82) is 0 Å². The van der Waals surface area contributed by atoms with E-state index in [0.29, 0.717) is 12.6 Å². The van der Waals surface area contributed by atoms with Crippen LogP contribution in [0.1, 0.15) is 33.4 Å². The van der Waals surface area contributed by atoms with E-state index in [4.69, 9.17) is 0 Å². The third-order valence-electron chi connectivity index (χ3n) is 2.67. The predicted molar refractivity (Wildman–Crippen MR) is 85.1 cm³/mol. The number of aromatic nitrogens is 1. The van der Waals surface area contributed by atoms with E-state index >= 15 is 0 Å². The van der Waals surface area contributed by atoms with Gasteiger partial charge >= 0.3 is 0 Å². The van der Waals surface area contributed by atoms with Crippen LogP contribution in [-0.2, 0) is 11.3 Å². The van der Waals surface area contributed by atoms with Gasteiger partial charge in [-0.1, -0.05) is 6.92 Å². The summed E-state index contributed by atoms with van der Waals surface area (Å²) in [4.78, 5) is 17.7. The summed E-state index contributed by atoms with van der Waals surface area (Å²) >= 11 is 3.46. The molecule has 0 spiro atoms. The molecule has 1 aromatic heterocycles. The van der Waals surface area contributed by atoms with Crippen molar-refractivity contribution >= 4 is 34.1 Å². The second kappa shape index (κ2) is 8.55. The fraction of sp³-hybridized carbons (Fsp3) is 0.692. The SMILES string of the molecule is CCSCC(C)NCc1csc(N(CC)C(C)=O)n1. The fourth-order valence-electron chi connectivity index (χ4n) is 1.63. The van der Waals surface area contributed by atoms with Crippen LogP contribution in [0, 0.1) is 0 Å². The monoisotopic (exact) mass is 301 g/mol. The summed E-state index contributed by atoms with van der Waals surface area (Å²) in [6.45, 7) is 9.32. The third kappa shape index (κ3) is 5.50. The van der Waals surface area contributed by atoms with E-state index in [9.17, 15) is 4.79 Å². The Hall–Kier alpha value is -0.590. The Bertz CT molecular complexity index is 395. The molecule has 1 heterocycles. The number of hydrogen-bond acceptors (Lipinski definition) is 5. The molecule has 6 heteroatoms. The second-order valence-electron chi connectivity index (χ2n) is 4.33. The number of thiazole rings is 1. The van der Waals surface area contributed by atoms with E-state index in [-0.39, 0.29) is 5.91 Å². The number of anilines is 1. The minimum Gasteiger partial charge on any atom is -0.308 e. The summed E-state index contributed by atoms with van der Waals surface area (Å²) in [6, 6.07) is 0.477. The maximum atomic E-state index is 11.4. The van der Waals surface area contributed by atoms with E-state index in [0.717, 1.165) is 28.9 Å². The van der Waals surface area contributed by atoms with Gasteiger partial charge in [-0.3, -0.25) is 9.69 Å². The van der Waals surface area contributed by atoms with Crippen LogP contribution in [0.4, 0.5) is 5.13 Å². The lowest BCUT2D eigenvalue weighted by atomic mass is 10.3. The van der Waals surface area contributed by atoms with Gasteiger partial charge in [-0.15, -0.1) is 11.3 Å². The molecule has 0 aliphatic rings. The molecule has 108 valence electrons. The lowest BCUT2D eigenvalue weighted by molar-refractivity contribution is -0.116. The van der Waals surface area contributed by atoms with Gasteiger partial charge in [-0.25, -0.2) is 4.98 Å². The van der Waals surface area contributed by atoms with Gasteiger partial charge in [0.1, 0.15) is 0 Å². The molecule has 1 rings (SSSR count). The Morgan fingerprint density at radius 1 is 1.58 bits per heavy atom. The lowest BCUT2D eigenvalue weighted by Crippen LogP contribution is -2.29. The Balaban J connectivity index is 2.48. The van der Waals surface area contributed by atoms with E-state index in [1.54, 1.807) is 11.8 Å². The van der Waals surface area contributed by atoms with Crippen molar-refractivity contribution in [3.8, 4) is 0 Å². The summed E-state index contributed by atoms with van der Waals surface area (Å²) in [5.74, 6) is 2.31. The maximum absolute atomic E-state index is 11.4. The molecule has 0 aliphatic carbocycles. The number of nitrogens with one attached hydrogen (secondary N) is 1. The Labute approximate surface area is 124 Å². The van der Waals surface area contributed by atoms with Crippen molar-refractivity contribution in [2.75, 3.05) is 23.0 Å². The van der Waals surface area contributed by atoms with Crippen molar-refractivity contribution in [2.45, 2.75) is 40.3 Å². The van der Waals surface area contributed by atoms with Crippen molar-refractivity contribution < 1.29 is 4.79 Å². The smallest absolute Gasteiger partial charge is 0.225 e. The van der Waals surface area contributed by atoms with Crippen molar-refractivity contribution in [3.05, 3.63) is 11.1 Å². The van der Waals surface area contributed by atoms with Crippen LogP contribution in [0.15, 0.2) is 5.38 Å². The molecule has 1 amide bonds. The summed E-state index contributed by atoms with van der Waals surface area (Å²) < 4.78 is 0. The quantitative estimate of drug-likeness (QED) is 0.802. The highest BCUT2D eigenvalue weighted by Gasteiger charge is 2.13. The summed E-state index contributed by atoms with van der Waals surface area (Å²) in [7, 11) is 0. The van der Waals surface area contributed by atoms with E-state index in [1.807, 2.05) is 24.1 Å².